The van der Waals surface area contributed by atoms with Gasteiger partial charge in [0.2, 0.25) is 5.91 Å². The second kappa shape index (κ2) is 7.30. The molecule has 0 bridgehead atoms. The number of hydrogen-bond acceptors (Lipinski definition) is 4. The predicted octanol–water partition coefficient (Wildman–Crippen LogP) is 2.11. The number of pyridine rings is 1. The van der Waals surface area contributed by atoms with Crippen LogP contribution in [0, 0.1) is 5.92 Å². The minimum atomic E-state index is -0.860. The van der Waals surface area contributed by atoms with Crippen molar-refractivity contribution in [3.8, 4) is 0 Å². The highest BCUT2D eigenvalue weighted by Crippen LogP contribution is 2.28. The van der Waals surface area contributed by atoms with Gasteiger partial charge in [0.15, 0.2) is 0 Å². The second-order valence-electron chi connectivity index (χ2n) is 7.07. The Labute approximate surface area is 138 Å². The summed E-state index contributed by atoms with van der Waals surface area (Å²) in [4.78, 5) is 18.6. The maximum atomic E-state index is 12.1. The molecule has 1 aliphatic heterocycles. The van der Waals surface area contributed by atoms with E-state index in [0.29, 0.717) is 25.4 Å². The molecule has 1 aliphatic carbocycles. The van der Waals surface area contributed by atoms with Gasteiger partial charge in [0.05, 0.1) is 5.60 Å². The number of anilines is 1. The van der Waals surface area contributed by atoms with E-state index in [2.05, 4.69) is 15.2 Å². The number of carbonyl (C=O) groups excluding carboxylic acids is 1. The van der Waals surface area contributed by atoms with Crippen molar-refractivity contribution in [2.24, 2.45) is 5.92 Å². The number of hydrogen-bond donors (Lipinski definition) is 2. The van der Waals surface area contributed by atoms with E-state index >= 15 is 0 Å². The highest BCUT2D eigenvalue weighted by molar-refractivity contribution is 5.76. The number of rotatable bonds is 5. The van der Waals surface area contributed by atoms with E-state index in [9.17, 15) is 9.90 Å². The van der Waals surface area contributed by atoms with Gasteiger partial charge in [-0.15, -0.1) is 0 Å². The lowest BCUT2D eigenvalue weighted by Crippen LogP contribution is -2.54. The number of nitrogens with zero attached hydrogens (tertiary/aromatic N) is 2. The Morgan fingerprint density at radius 3 is 2.91 bits per heavy atom. The molecule has 1 atom stereocenters. The molecule has 1 amide bonds. The Kier molecular flexibility index (Phi) is 5.16. The summed E-state index contributed by atoms with van der Waals surface area (Å²) in [5.74, 6) is 1.52. The molecule has 2 aliphatic rings. The molecule has 0 radical (unpaired) electrons. The Bertz CT molecular complexity index is 516. The molecular weight excluding hydrogens is 290 g/mol. The summed E-state index contributed by atoms with van der Waals surface area (Å²) in [6.45, 7) is 1.75. The smallest absolute Gasteiger partial charge is 0.220 e. The fraction of sp³-hybridized carbons (Fsp3) is 0.667. The predicted molar refractivity (Wildman–Crippen MR) is 90.2 cm³/mol. The summed E-state index contributed by atoms with van der Waals surface area (Å²) in [7, 11) is 0. The van der Waals surface area contributed by atoms with Crippen molar-refractivity contribution in [2.45, 2.75) is 50.5 Å². The molecule has 0 spiro atoms. The van der Waals surface area contributed by atoms with Gasteiger partial charge in [0.25, 0.3) is 0 Å². The van der Waals surface area contributed by atoms with Crippen LogP contribution >= 0.6 is 0 Å². The van der Waals surface area contributed by atoms with Crippen LogP contribution in [0.4, 0.5) is 5.82 Å². The largest absolute Gasteiger partial charge is 0.386 e. The number of amides is 1. The Hall–Kier alpha value is -1.62. The van der Waals surface area contributed by atoms with Crippen LogP contribution in [0.1, 0.15) is 44.9 Å². The standard InChI is InChI=1S/C18H27N3O2/c22-17(12-15-6-1-2-7-15)20-13-18(23)9-5-11-21(14-18)16-8-3-4-10-19-16/h3-4,8,10,15,23H,1-2,5-7,9,11-14H2,(H,20,22)/t18-/m1/s1. The molecule has 23 heavy (non-hydrogen) atoms. The second-order valence-corrected chi connectivity index (χ2v) is 7.07. The Morgan fingerprint density at radius 1 is 1.35 bits per heavy atom. The van der Waals surface area contributed by atoms with E-state index in [1.807, 2.05) is 18.2 Å². The van der Waals surface area contributed by atoms with Crippen molar-refractivity contribution < 1.29 is 9.90 Å². The fourth-order valence-electron chi connectivity index (χ4n) is 3.80. The minimum Gasteiger partial charge on any atom is -0.386 e. The molecule has 1 aromatic heterocycles. The molecule has 1 aromatic rings. The fourth-order valence-corrected chi connectivity index (χ4v) is 3.80. The highest BCUT2D eigenvalue weighted by atomic mass is 16.3. The van der Waals surface area contributed by atoms with E-state index < -0.39 is 5.60 Å². The minimum absolute atomic E-state index is 0.0836. The maximum Gasteiger partial charge on any atom is 0.220 e. The van der Waals surface area contributed by atoms with Gasteiger partial charge in [-0.05, 0) is 43.7 Å². The highest BCUT2D eigenvalue weighted by Gasteiger charge is 2.34. The van der Waals surface area contributed by atoms with Gasteiger partial charge in [-0.3, -0.25) is 4.79 Å². The lowest BCUT2D eigenvalue weighted by molar-refractivity contribution is -0.123. The lowest BCUT2D eigenvalue weighted by atomic mass is 9.92. The Balaban J connectivity index is 1.50. The molecule has 126 valence electrons. The Morgan fingerprint density at radius 2 is 2.17 bits per heavy atom. The SMILES string of the molecule is O=C(CC1CCCC1)NC[C@]1(O)CCCN(c2ccccn2)C1. The molecular formula is C18H27N3O2. The first-order chi connectivity index (χ1) is 11.1. The van der Waals surface area contributed by atoms with Crippen molar-refractivity contribution in [1.82, 2.24) is 10.3 Å². The molecule has 0 unspecified atom stereocenters. The van der Waals surface area contributed by atoms with E-state index in [0.717, 1.165) is 25.2 Å². The van der Waals surface area contributed by atoms with E-state index in [1.54, 1.807) is 6.20 Å². The van der Waals surface area contributed by atoms with Crippen LogP contribution < -0.4 is 10.2 Å². The monoisotopic (exact) mass is 317 g/mol. The first-order valence-corrected chi connectivity index (χ1v) is 8.80. The number of nitrogens with one attached hydrogen (secondary N) is 1. The average molecular weight is 317 g/mol. The van der Waals surface area contributed by atoms with Gasteiger partial charge >= 0.3 is 0 Å². The van der Waals surface area contributed by atoms with E-state index in [4.69, 9.17) is 0 Å². The topological polar surface area (TPSA) is 65.5 Å². The van der Waals surface area contributed by atoms with E-state index in [-0.39, 0.29) is 5.91 Å². The van der Waals surface area contributed by atoms with Crippen molar-refractivity contribution in [3.63, 3.8) is 0 Å². The third kappa shape index (κ3) is 4.44. The van der Waals surface area contributed by atoms with Crippen molar-refractivity contribution in [1.29, 1.82) is 0 Å². The van der Waals surface area contributed by atoms with Crippen LogP contribution in [0.15, 0.2) is 24.4 Å². The third-order valence-corrected chi connectivity index (χ3v) is 5.09. The summed E-state index contributed by atoms with van der Waals surface area (Å²) in [6, 6.07) is 5.81. The molecule has 3 rings (SSSR count). The number of piperidine rings is 1. The van der Waals surface area contributed by atoms with Gasteiger partial charge in [0.1, 0.15) is 5.82 Å². The van der Waals surface area contributed by atoms with Crippen molar-refractivity contribution >= 4 is 11.7 Å². The molecule has 5 nitrogen and oxygen atoms in total. The first-order valence-electron chi connectivity index (χ1n) is 8.80. The average Bonchev–Trinajstić information content (AvgIpc) is 3.07. The molecule has 1 saturated carbocycles. The molecule has 2 fully saturated rings. The van der Waals surface area contributed by atoms with Crippen molar-refractivity contribution in [3.05, 3.63) is 24.4 Å². The molecule has 2 heterocycles. The molecule has 5 heteroatoms. The van der Waals surface area contributed by atoms with Gasteiger partial charge in [-0.2, -0.15) is 0 Å². The number of carbonyl (C=O) groups is 1. The molecule has 1 saturated heterocycles. The number of aliphatic hydroxyl groups is 1. The van der Waals surface area contributed by atoms with Crippen LogP contribution in [0.2, 0.25) is 0 Å². The molecule has 0 aromatic carbocycles. The van der Waals surface area contributed by atoms with Gasteiger partial charge in [-0.25, -0.2) is 4.98 Å². The first kappa shape index (κ1) is 16.2. The van der Waals surface area contributed by atoms with Crippen LogP contribution in [-0.4, -0.2) is 41.2 Å². The summed E-state index contributed by atoms with van der Waals surface area (Å²) >= 11 is 0. The zero-order valence-electron chi connectivity index (χ0n) is 13.7. The quantitative estimate of drug-likeness (QED) is 0.873. The lowest BCUT2D eigenvalue weighted by Gasteiger charge is -2.40. The summed E-state index contributed by atoms with van der Waals surface area (Å²) < 4.78 is 0. The van der Waals surface area contributed by atoms with Crippen molar-refractivity contribution in [2.75, 3.05) is 24.5 Å². The summed E-state index contributed by atoms with van der Waals surface area (Å²) in [5, 5.41) is 13.8. The van der Waals surface area contributed by atoms with Gasteiger partial charge in [0, 0.05) is 32.3 Å². The zero-order chi connectivity index (χ0) is 16.1. The number of aromatic nitrogens is 1. The van der Waals surface area contributed by atoms with Crippen LogP contribution in [-0.2, 0) is 4.79 Å². The van der Waals surface area contributed by atoms with Crippen LogP contribution in [0.5, 0.6) is 0 Å². The van der Waals surface area contributed by atoms with Gasteiger partial charge < -0.3 is 15.3 Å². The summed E-state index contributed by atoms with van der Waals surface area (Å²) in [5.41, 5.74) is -0.860. The zero-order valence-corrected chi connectivity index (χ0v) is 13.7. The number of β-amino-alcohol motifs (C(OH)–C–C–N with tert-alkyl or cyclic N) is 1. The normalized spacial score (nSPS) is 25.5. The van der Waals surface area contributed by atoms with E-state index in [1.165, 1.54) is 25.7 Å². The molecule has 2 N–H and O–H groups in total. The third-order valence-electron chi connectivity index (χ3n) is 5.09. The van der Waals surface area contributed by atoms with Crippen LogP contribution in [0.3, 0.4) is 0 Å². The summed E-state index contributed by atoms with van der Waals surface area (Å²) in [6.07, 6.45) is 8.86. The maximum absolute atomic E-state index is 12.1. The van der Waals surface area contributed by atoms with Gasteiger partial charge in [-0.1, -0.05) is 18.9 Å². The van der Waals surface area contributed by atoms with Crippen LogP contribution in [0.25, 0.3) is 0 Å².